The summed E-state index contributed by atoms with van der Waals surface area (Å²) < 4.78 is 1.14. The summed E-state index contributed by atoms with van der Waals surface area (Å²) in [6, 6.07) is 0. The van der Waals surface area contributed by atoms with Gasteiger partial charge in [-0.15, -0.1) is 0 Å². The molecule has 1 aliphatic heterocycles. The average molecular weight is 162 g/mol. The van der Waals surface area contributed by atoms with Crippen LogP contribution in [0.4, 0.5) is 0 Å². The van der Waals surface area contributed by atoms with Crippen molar-refractivity contribution in [3.63, 3.8) is 0 Å². The summed E-state index contributed by atoms with van der Waals surface area (Å²) in [4.78, 5) is 18.6. The van der Waals surface area contributed by atoms with Crippen LogP contribution in [0.25, 0.3) is 0 Å². The molecule has 0 aromatic heterocycles. The Morgan fingerprint density at radius 2 is 1.45 bits per heavy atom. The van der Waals surface area contributed by atoms with Gasteiger partial charge in [0.25, 0.3) is 0 Å². The summed E-state index contributed by atoms with van der Waals surface area (Å²) in [5, 5.41) is 14.8. The van der Waals surface area contributed by atoms with Gasteiger partial charge in [0.1, 0.15) is 0 Å². The fourth-order valence-corrected chi connectivity index (χ4v) is 0.865. The van der Waals surface area contributed by atoms with Crippen LogP contribution in [0.5, 0.6) is 0 Å². The zero-order valence-electron chi connectivity index (χ0n) is 6.06. The second-order valence-corrected chi connectivity index (χ2v) is 2.21. The Kier molecular flexibility index (Phi) is 4.97. The van der Waals surface area contributed by atoms with Crippen LogP contribution < -0.4 is 0 Å². The third-order valence-electron chi connectivity index (χ3n) is 1.32. The van der Waals surface area contributed by atoms with Crippen molar-refractivity contribution in [2.45, 2.75) is 19.3 Å². The molecule has 1 heterocycles. The summed E-state index contributed by atoms with van der Waals surface area (Å²) in [6.45, 7) is 1.53. The zero-order valence-corrected chi connectivity index (χ0v) is 6.06. The van der Waals surface area contributed by atoms with Crippen LogP contribution in [0.15, 0.2) is 0 Å². The van der Waals surface area contributed by atoms with E-state index in [0.29, 0.717) is 0 Å². The van der Waals surface area contributed by atoms with Gasteiger partial charge in [0.2, 0.25) is 0 Å². The molecule has 1 saturated heterocycles. The Morgan fingerprint density at radius 1 is 1.09 bits per heavy atom. The number of hydrogen-bond donors (Lipinski definition) is 0. The van der Waals surface area contributed by atoms with Crippen LogP contribution in [0.2, 0.25) is 0 Å². The predicted octanol–water partition coefficient (Wildman–Crippen LogP) is 0.710. The van der Waals surface area contributed by atoms with E-state index in [1.165, 1.54) is 6.42 Å². The van der Waals surface area contributed by atoms with Gasteiger partial charge in [0.05, 0.1) is 5.09 Å². The van der Waals surface area contributed by atoms with Gasteiger partial charge in [-0.1, -0.05) is 0 Å². The molecule has 64 valence electrons. The number of nitrogens with zero attached hydrogens (tertiary/aromatic N) is 2. The van der Waals surface area contributed by atoms with Crippen molar-refractivity contribution in [1.29, 1.82) is 0 Å². The molecule has 0 aliphatic carbocycles. The van der Waals surface area contributed by atoms with E-state index in [-0.39, 0.29) is 0 Å². The minimum absolute atomic E-state index is 0.764. The Labute approximate surface area is 63.5 Å². The first-order valence-corrected chi connectivity index (χ1v) is 3.36. The minimum Gasteiger partial charge on any atom is -0.356 e. The minimum atomic E-state index is -1.75. The van der Waals surface area contributed by atoms with Gasteiger partial charge in [-0.05, 0) is 11.2 Å². The van der Waals surface area contributed by atoms with Crippen LogP contribution in [0, 0.1) is 20.2 Å². The molecule has 0 aromatic carbocycles. The summed E-state index contributed by atoms with van der Waals surface area (Å²) in [5.74, 6) is 0. The highest BCUT2D eigenvalue weighted by Gasteiger charge is 2.12. The van der Waals surface area contributed by atoms with E-state index in [1.54, 1.807) is 0 Å². The SMILES string of the molecule is O=[N+]([O-])[O-].O=[N+]1CCCCC1. The second kappa shape index (κ2) is 5.57. The molecule has 0 aromatic rings. The van der Waals surface area contributed by atoms with Gasteiger partial charge < -0.3 is 15.3 Å². The maximum absolute atomic E-state index is 10.4. The topological polar surface area (TPSA) is 86.3 Å². The standard InChI is InChI=1S/C5H10NO.NO3/c7-6-4-2-1-3-5-6;2-1(3)4/h1-5H2;/q+1;-1. The van der Waals surface area contributed by atoms with E-state index in [1.807, 2.05) is 0 Å². The van der Waals surface area contributed by atoms with Crippen LogP contribution in [0.1, 0.15) is 19.3 Å². The van der Waals surface area contributed by atoms with E-state index in [0.717, 1.165) is 30.7 Å². The molecule has 6 heteroatoms. The third-order valence-corrected chi connectivity index (χ3v) is 1.32. The molecule has 6 nitrogen and oxygen atoms in total. The third kappa shape index (κ3) is 8.80. The fourth-order valence-electron chi connectivity index (χ4n) is 0.865. The first-order valence-electron chi connectivity index (χ1n) is 3.36. The smallest absolute Gasteiger partial charge is 0.192 e. The zero-order chi connectivity index (χ0) is 8.69. The molecule has 0 bridgehead atoms. The maximum atomic E-state index is 10.4. The molecular formula is C5H10N2O4. The normalized spacial score (nSPS) is 16.5. The van der Waals surface area contributed by atoms with Gasteiger partial charge in [-0.25, -0.2) is 0 Å². The van der Waals surface area contributed by atoms with Crippen molar-refractivity contribution in [3.05, 3.63) is 20.2 Å². The molecule has 1 fully saturated rings. The predicted molar refractivity (Wildman–Crippen MR) is 37.6 cm³/mol. The van der Waals surface area contributed by atoms with Crippen molar-refractivity contribution in [2.24, 2.45) is 0 Å². The highest BCUT2D eigenvalue weighted by Crippen LogP contribution is 2.01. The molecule has 0 saturated carbocycles. The quantitative estimate of drug-likeness (QED) is 0.298. The summed E-state index contributed by atoms with van der Waals surface area (Å²) in [5.41, 5.74) is 0. The number of hydrogen-bond acceptors (Lipinski definition) is 4. The molecule has 0 amide bonds. The highest BCUT2D eigenvalue weighted by molar-refractivity contribution is 4.43. The Morgan fingerprint density at radius 3 is 1.64 bits per heavy atom. The molecule has 1 rings (SSSR count). The lowest BCUT2D eigenvalue weighted by molar-refractivity contribution is -0.557. The fraction of sp³-hybridized carbons (Fsp3) is 1.00. The largest absolute Gasteiger partial charge is 0.356 e. The number of nitroso groups, excluding NO2 is 1. The van der Waals surface area contributed by atoms with E-state index in [4.69, 9.17) is 15.3 Å². The average Bonchev–Trinajstić information content (AvgIpc) is 1.87. The van der Waals surface area contributed by atoms with Crippen LogP contribution >= 0.6 is 0 Å². The highest BCUT2D eigenvalue weighted by atomic mass is 16.9. The Hall–Kier alpha value is -1.20. The van der Waals surface area contributed by atoms with Crippen molar-refractivity contribution < 1.29 is 9.85 Å². The van der Waals surface area contributed by atoms with Crippen molar-refractivity contribution in [2.75, 3.05) is 13.1 Å². The molecular weight excluding hydrogens is 152 g/mol. The molecule has 0 N–H and O–H groups in total. The van der Waals surface area contributed by atoms with Crippen LogP contribution in [0.3, 0.4) is 0 Å². The molecule has 0 atom stereocenters. The van der Waals surface area contributed by atoms with Gasteiger partial charge in [0.15, 0.2) is 13.1 Å². The van der Waals surface area contributed by atoms with E-state index in [9.17, 15) is 4.91 Å². The monoisotopic (exact) mass is 162 g/mol. The molecule has 1 aliphatic rings. The van der Waals surface area contributed by atoms with Crippen molar-refractivity contribution in [1.82, 2.24) is 0 Å². The summed E-state index contributed by atoms with van der Waals surface area (Å²) in [7, 11) is 0. The lowest BCUT2D eigenvalue weighted by Crippen LogP contribution is -2.16. The molecule has 0 spiro atoms. The lowest BCUT2D eigenvalue weighted by Gasteiger charge is -1.99. The summed E-state index contributed by atoms with van der Waals surface area (Å²) >= 11 is 0. The van der Waals surface area contributed by atoms with Crippen LogP contribution in [-0.2, 0) is 0 Å². The van der Waals surface area contributed by atoms with E-state index >= 15 is 0 Å². The number of piperidine rings is 1. The first kappa shape index (κ1) is 9.80. The van der Waals surface area contributed by atoms with Gasteiger partial charge >= 0.3 is 0 Å². The van der Waals surface area contributed by atoms with Crippen LogP contribution in [-0.4, -0.2) is 22.9 Å². The van der Waals surface area contributed by atoms with Gasteiger partial charge in [0, 0.05) is 17.7 Å². The van der Waals surface area contributed by atoms with Gasteiger partial charge in [-0.3, -0.25) is 0 Å². The molecule has 11 heavy (non-hydrogen) atoms. The van der Waals surface area contributed by atoms with E-state index < -0.39 is 5.09 Å². The second-order valence-electron chi connectivity index (χ2n) is 2.21. The maximum Gasteiger partial charge on any atom is 0.192 e. The van der Waals surface area contributed by atoms with Gasteiger partial charge in [-0.2, -0.15) is 0 Å². The van der Waals surface area contributed by atoms with E-state index in [2.05, 4.69) is 0 Å². The Bertz CT molecular complexity index is 135. The summed E-state index contributed by atoms with van der Waals surface area (Å²) in [6.07, 6.45) is 3.45. The lowest BCUT2D eigenvalue weighted by atomic mass is 10.2. The molecule has 0 unspecified atom stereocenters. The van der Waals surface area contributed by atoms with Crippen molar-refractivity contribution >= 4 is 0 Å². The number of rotatable bonds is 0. The first-order chi connectivity index (χ1) is 5.13. The Balaban J connectivity index is 0.000000218. The molecule has 0 radical (unpaired) electrons. The van der Waals surface area contributed by atoms with Crippen molar-refractivity contribution in [3.8, 4) is 0 Å².